The van der Waals surface area contributed by atoms with Crippen molar-refractivity contribution in [1.82, 2.24) is 0 Å². The molecule has 0 atom stereocenters. The van der Waals surface area contributed by atoms with Crippen molar-refractivity contribution in [3.8, 4) is 0 Å². The number of allylic oxidation sites excluding steroid dienone is 3. The number of benzene rings is 2. The molecule has 0 unspecified atom stereocenters. The lowest BCUT2D eigenvalue weighted by molar-refractivity contribution is 0.663. The normalized spacial score (nSPS) is 17.8. The molecule has 0 saturated carbocycles. The highest BCUT2D eigenvalue weighted by Crippen LogP contribution is 2.49. The molecule has 0 heterocycles. The molecule has 1 heteroatoms. The van der Waals surface area contributed by atoms with Crippen molar-refractivity contribution >= 4 is 11.3 Å². The van der Waals surface area contributed by atoms with Gasteiger partial charge in [0.25, 0.3) is 0 Å². The van der Waals surface area contributed by atoms with Gasteiger partial charge in [-0.05, 0) is 34.9 Å². The summed E-state index contributed by atoms with van der Waals surface area (Å²) < 4.78 is 0. The van der Waals surface area contributed by atoms with E-state index in [1.807, 2.05) is 24.3 Å². The zero-order valence-electron chi connectivity index (χ0n) is 13.2. The predicted octanol–water partition coefficient (Wildman–Crippen LogP) is 5.54. The van der Waals surface area contributed by atoms with Crippen LogP contribution in [0.25, 0.3) is 5.57 Å². The number of para-hydroxylation sites is 1. The highest BCUT2D eigenvalue weighted by atomic mass is 14.9. The topological polar surface area (TPSA) is 12.0 Å². The average Bonchev–Trinajstić information content (AvgIpc) is 2.74. The summed E-state index contributed by atoms with van der Waals surface area (Å²) in [6.07, 6.45) is 1.88. The number of hydrogen-bond donors (Lipinski definition) is 1. The van der Waals surface area contributed by atoms with Crippen molar-refractivity contribution in [1.29, 1.82) is 0 Å². The van der Waals surface area contributed by atoms with E-state index in [2.05, 4.69) is 68.7 Å². The number of rotatable bonds is 3. The van der Waals surface area contributed by atoms with Crippen LogP contribution in [0, 0.1) is 0 Å². The van der Waals surface area contributed by atoms with Gasteiger partial charge in [0.1, 0.15) is 0 Å². The molecule has 0 aliphatic heterocycles. The van der Waals surface area contributed by atoms with Crippen molar-refractivity contribution in [3.63, 3.8) is 0 Å². The summed E-state index contributed by atoms with van der Waals surface area (Å²) in [7, 11) is 0. The summed E-state index contributed by atoms with van der Waals surface area (Å²) in [4.78, 5) is 0. The smallest absolute Gasteiger partial charge is 0.0460 e. The Kier molecular flexibility index (Phi) is 3.50. The minimum absolute atomic E-state index is 0.0570. The van der Waals surface area contributed by atoms with Gasteiger partial charge in [0.2, 0.25) is 0 Å². The molecule has 1 nitrogen and oxygen atoms in total. The van der Waals surface area contributed by atoms with Crippen molar-refractivity contribution in [2.24, 2.45) is 0 Å². The quantitative estimate of drug-likeness (QED) is 0.781. The van der Waals surface area contributed by atoms with Gasteiger partial charge in [0.05, 0.1) is 0 Å². The van der Waals surface area contributed by atoms with Crippen LogP contribution >= 0.6 is 0 Å². The standard InChI is InChI=1S/C21H21N/c1-5-19(22-16-11-7-6-8-12-16)20-15(2)21(3,4)18-14-10-9-13-17(18)20/h5-14,22H,1-2H2,3-4H3/b20-19-. The molecule has 2 aromatic carbocycles. The van der Waals surface area contributed by atoms with Gasteiger partial charge < -0.3 is 5.32 Å². The fourth-order valence-electron chi connectivity index (χ4n) is 3.08. The first-order valence-electron chi connectivity index (χ1n) is 7.54. The second-order valence-corrected chi connectivity index (χ2v) is 6.13. The fourth-order valence-corrected chi connectivity index (χ4v) is 3.08. The first kappa shape index (κ1) is 14.4. The lowest BCUT2D eigenvalue weighted by atomic mass is 9.83. The van der Waals surface area contributed by atoms with E-state index >= 15 is 0 Å². The Morgan fingerprint density at radius 2 is 1.64 bits per heavy atom. The van der Waals surface area contributed by atoms with Crippen LogP contribution in [0.2, 0.25) is 0 Å². The fraction of sp³-hybridized carbons (Fsp3) is 0.143. The molecule has 1 aliphatic rings. The molecule has 1 aliphatic carbocycles. The van der Waals surface area contributed by atoms with Crippen LogP contribution in [0.3, 0.4) is 0 Å². The van der Waals surface area contributed by atoms with Crippen molar-refractivity contribution < 1.29 is 0 Å². The van der Waals surface area contributed by atoms with E-state index in [-0.39, 0.29) is 5.41 Å². The summed E-state index contributed by atoms with van der Waals surface area (Å²) >= 11 is 0. The van der Waals surface area contributed by atoms with Gasteiger partial charge >= 0.3 is 0 Å². The maximum atomic E-state index is 4.37. The lowest BCUT2D eigenvalue weighted by Crippen LogP contribution is -2.14. The average molecular weight is 287 g/mol. The van der Waals surface area contributed by atoms with Crippen LogP contribution in [0.15, 0.2) is 85.1 Å². The first-order chi connectivity index (χ1) is 10.6. The molecule has 22 heavy (non-hydrogen) atoms. The Bertz CT molecular complexity index is 764. The molecule has 0 fully saturated rings. The third kappa shape index (κ3) is 2.19. The largest absolute Gasteiger partial charge is 0.355 e. The van der Waals surface area contributed by atoms with Gasteiger partial charge in [-0.2, -0.15) is 0 Å². The maximum Gasteiger partial charge on any atom is 0.0460 e. The monoisotopic (exact) mass is 287 g/mol. The Balaban J connectivity index is 2.16. The summed E-state index contributed by atoms with van der Waals surface area (Å²) in [5.41, 5.74) is 6.87. The number of fused-ring (bicyclic) bond motifs is 1. The molecule has 3 rings (SSSR count). The second kappa shape index (κ2) is 5.34. The van der Waals surface area contributed by atoms with Crippen molar-refractivity contribution in [2.45, 2.75) is 19.3 Å². The number of hydrogen-bond acceptors (Lipinski definition) is 1. The van der Waals surface area contributed by atoms with Crippen molar-refractivity contribution in [3.05, 3.63) is 96.2 Å². The predicted molar refractivity (Wildman–Crippen MR) is 95.8 cm³/mol. The van der Waals surface area contributed by atoms with Crippen LogP contribution in [0.5, 0.6) is 0 Å². The summed E-state index contributed by atoms with van der Waals surface area (Å²) in [6.45, 7) is 12.8. The number of nitrogens with one attached hydrogen (secondary N) is 1. The molecule has 0 bridgehead atoms. The van der Waals surface area contributed by atoms with Crippen molar-refractivity contribution in [2.75, 3.05) is 5.32 Å². The molecular weight excluding hydrogens is 266 g/mol. The van der Waals surface area contributed by atoms with Gasteiger partial charge in [0, 0.05) is 22.4 Å². The first-order valence-corrected chi connectivity index (χ1v) is 7.54. The SMILES string of the molecule is C=C/C(Nc1ccccc1)=C1\C(=C)C(C)(C)c2ccccc21. The van der Waals surface area contributed by atoms with Crippen LogP contribution in [-0.4, -0.2) is 0 Å². The Morgan fingerprint density at radius 3 is 2.32 bits per heavy atom. The molecule has 0 amide bonds. The second-order valence-electron chi connectivity index (χ2n) is 6.13. The van der Waals surface area contributed by atoms with Crippen LogP contribution < -0.4 is 5.32 Å². The van der Waals surface area contributed by atoms with Crippen LogP contribution in [0.1, 0.15) is 25.0 Å². The van der Waals surface area contributed by atoms with E-state index in [4.69, 9.17) is 0 Å². The van der Waals surface area contributed by atoms with E-state index in [0.717, 1.165) is 17.0 Å². The third-order valence-electron chi connectivity index (χ3n) is 4.45. The number of anilines is 1. The molecule has 0 aromatic heterocycles. The lowest BCUT2D eigenvalue weighted by Gasteiger charge is -2.21. The highest BCUT2D eigenvalue weighted by Gasteiger charge is 2.37. The van der Waals surface area contributed by atoms with Gasteiger partial charge in [-0.25, -0.2) is 0 Å². The molecule has 0 radical (unpaired) electrons. The minimum atomic E-state index is -0.0570. The van der Waals surface area contributed by atoms with Gasteiger partial charge in [-0.3, -0.25) is 0 Å². The summed E-state index contributed by atoms with van der Waals surface area (Å²) in [6, 6.07) is 18.7. The third-order valence-corrected chi connectivity index (χ3v) is 4.45. The maximum absolute atomic E-state index is 4.37. The zero-order chi connectivity index (χ0) is 15.7. The van der Waals surface area contributed by atoms with E-state index in [0.29, 0.717) is 0 Å². The highest BCUT2D eigenvalue weighted by molar-refractivity contribution is 5.93. The van der Waals surface area contributed by atoms with Gasteiger partial charge in [0.15, 0.2) is 0 Å². The van der Waals surface area contributed by atoms with Crippen LogP contribution in [-0.2, 0) is 5.41 Å². The van der Waals surface area contributed by atoms with E-state index < -0.39 is 0 Å². The van der Waals surface area contributed by atoms with E-state index in [9.17, 15) is 0 Å². The molecule has 110 valence electrons. The molecule has 0 saturated heterocycles. The van der Waals surface area contributed by atoms with E-state index in [1.165, 1.54) is 16.7 Å². The zero-order valence-corrected chi connectivity index (χ0v) is 13.2. The molecule has 2 aromatic rings. The van der Waals surface area contributed by atoms with E-state index in [1.54, 1.807) is 0 Å². The Morgan fingerprint density at radius 1 is 1.00 bits per heavy atom. The summed E-state index contributed by atoms with van der Waals surface area (Å²) in [5, 5.41) is 3.48. The van der Waals surface area contributed by atoms with Gasteiger partial charge in [-0.15, -0.1) is 0 Å². The van der Waals surface area contributed by atoms with Gasteiger partial charge in [-0.1, -0.05) is 69.5 Å². The Labute approximate surface area is 132 Å². The minimum Gasteiger partial charge on any atom is -0.355 e. The molecule has 1 N–H and O–H groups in total. The van der Waals surface area contributed by atoms with Crippen LogP contribution in [0.4, 0.5) is 5.69 Å². The molecular formula is C21H21N. The Hall–Kier alpha value is -2.54. The summed E-state index contributed by atoms with van der Waals surface area (Å²) in [5.74, 6) is 0. The molecule has 0 spiro atoms.